The highest BCUT2D eigenvalue weighted by atomic mass is 79.9. The van der Waals surface area contributed by atoms with Crippen molar-refractivity contribution in [3.8, 4) is 0 Å². The molecule has 1 aromatic rings. The number of carbonyl (C=O) groups excluding carboxylic acids is 1. The third-order valence-electron chi connectivity index (χ3n) is 2.96. The molecule has 0 spiro atoms. The van der Waals surface area contributed by atoms with Gasteiger partial charge in [-0.3, -0.25) is 4.79 Å². The van der Waals surface area contributed by atoms with E-state index < -0.39 is 0 Å². The Morgan fingerprint density at radius 1 is 1.50 bits per heavy atom. The summed E-state index contributed by atoms with van der Waals surface area (Å²) in [6, 6.07) is 6.10. The average Bonchev–Trinajstić information content (AvgIpc) is 2.29. The van der Waals surface area contributed by atoms with Gasteiger partial charge in [0.1, 0.15) is 0 Å². The smallest absolute Gasteiger partial charge is 0.226 e. The van der Waals surface area contributed by atoms with E-state index in [4.69, 9.17) is 0 Å². The zero-order valence-electron chi connectivity index (χ0n) is 9.50. The number of rotatable bonds is 2. The van der Waals surface area contributed by atoms with Gasteiger partial charge in [0.15, 0.2) is 0 Å². The third kappa shape index (κ3) is 2.14. The molecule has 1 aliphatic heterocycles. The molecule has 1 aromatic carbocycles. The van der Waals surface area contributed by atoms with Gasteiger partial charge in [0.25, 0.3) is 0 Å². The molecule has 0 aromatic heterocycles. The van der Waals surface area contributed by atoms with Crippen molar-refractivity contribution in [1.82, 2.24) is 0 Å². The van der Waals surface area contributed by atoms with E-state index in [1.165, 1.54) is 5.56 Å². The van der Waals surface area contributed by atoms with Gasteiger partial charge in [-0.1, -0.05) is 28.9 Å². The van der Waals surface area contributed by atoms with Crippen LogP contribution in [-0.2, 0) is 11.2 Å². The second kappa shape index (κ2) is 5.00. The number of carbonyl (C=O) groups is 1. The number of amides is 1. The number of fused-ring (bicyclic) bond motifs is 1. The maximum atomic E-state index is 12.0. The minimum atomic E-state index is 0.251. The molecular formula is C13H16BrNO. The van der Waals surface area contributed by atoms with Gasteiger partial charge >= 0.3 is 0 Å². The summed E-state index contributed by atoms with van der Waals surface area (Å²) < 4.78 is 1.12. The molecule has 0 saturated carbocycles. The zero-order valence-corrected chi connectivity index (χ0v) is 11.1. The van der Waals surface area contributed by atoms with Crippen molar-refractivity contribution in [2.45, 2.75) is 32.6 Å². The molecule has 1 heterocycles. The molecule has 0 aliphatic carbocycles. The van der Waals surface area contributed by atoms with Crippen LogP contribution in [0, 0.1) is 0 Å². The Balaban J connectivity index is 2.33. The summed E-state index contributed by atoms with van der Waals surface area (Å²) in [7, 11) is 0. The maximum absolute atomic E-state index is 12.0. The summed E-state index contributed by atoms with van der Waals surface area (Å²) >= 11 is 3.56. The van der Waals surface area contributed by atoms with Crippen molar-refractivity contribution in [2.24, 2.45) is 0 Å². The van der Waals surface area contributed by atoms with Gasteiger partial charge in [0.05, 0.1) is 0 Å². The number of benzene rings is 1. The minimum absolute atomic E-state index is 0.251. The van der Waals surface area contributed by atoms with Gasteiger partial charge in [-0.25, -0.2) is 0 Å². The molecule has 16 heavy (non-hydrogen) atoms. The maximum Gasteiger partial charge on any atom is 0.226 e. The number of hydrogen-bond acceptors (Lipinski definition) is 1. The SMILES string of the molecule is CCCC(=O)N1CCCc2c(Br)cccc21. The van der Waals surface area contributed by atoms with Crippen LogP contribution in [0.25, 0.3) is 0 Å². The highest BCUT2D eigenvalue weighted by Gasteiger charge is 2.22. The van der Waals surface area contributed by atoms with E-state index in [9.17, 15) is 4.79 Å². The third-order valence-corrected chi connectivity index (χ3v) is 3.70. The molecule has 0 unspecified atom stereocenters. The normalized spacial score (nSPS) is 14.8. The molecule has 0 radical (unpaired) electrons. The van der Waals surface area contributed by atoms with Crippen molar-refractivity contribution < 1.29 is 4.79 Å². The zero-order chi connectivity index (χ0) is 11.5. The van der Waals surface area contributed by atoms with E-state index in [1.54, 1.807) is 0 Å². The second-order valence-electron chi connectivity index (χ2n) is 4.14. The van der Waals surface area contributed by atoms with Crippen LogP contribution < -0.4 is 4.90 Å². The average molecular weight is 282 g/mol. The fraction of sp³-hybridized carbons (Fsp3) is 0.462. The van der Waals surface area contributed by atoms with Crippen molar-refractivity contribution in [3.63, 3.8) is 0 Å². The summed E-state index contributed by atoms with van der Waals surface area (Å²) in [5.41, 5.74) is 2.37. The summed E-state index contributed by atoms with van der Waals surface area (Å²) in [6.07, 6.45) is 3.68. The van der Waals surface area contributed by atoms with Crippen LogP contribution in [0.2, 0.25) is 0 Å². The van der Waals surface area contributed by atoms with Gasteiger partial charge in [-0.05, 0) is 37.0 Å². The highest BCUT2D eigenvalue weighted by molar-refractivity contribution is 9.10. The van der Waals surface area contributed by atoms with Crippen LogP contribution in [0.3, 0.4) is 0 Å². The summed E-state index contributed by atoms with van der Waals surface area (Å²) in [5, 5.41) is 0. The first kappa shape index (κ1) is 11.6. The molecule has 0 N–H and O–H groups in total. The first-order chi connectivity index (χ1) is 7.74. The molecule has 1 amide bonds. The van der Waals surface area contributed by atoms with Crippen molar-refractivity contribution >= 4 is 27.5 Å². The first-order valence-corrected chi connectivity index (χ1v) is 6.61. The number of nitrogens with zero attached hydrogens (tertiary/aromatic N) is 1. The Morgan fingerprint density at radius 3 is 3.06 bits per heavy atom. The largest absolute Gasteiger partial charge is 0.312 e. The molecule has 0 bridgehead atoms. The predicted molar refractivity (Wildman–Crippen MR) is 69.7 cm³/mol. The molecule has 86 valence electrons. The van der Waals surface area contributed by atoms with E-state index in [1.807, 2.05) is 30.0 Å². The minimum Gasteiger partial charge on any atom is -0.312 e. The highest BCUT2D eigenvalue weighted by Crippen LogP contribution is 2.33. The summed E-state index contributed by atoms with van der Waals surface area (Å²) in [6.45, 7) is 2.91. The fourth-order valence-corrected chi connectivity index (χ4v) is 2.74. The first-order valence-electron chi connectivity index (χ1n) is 5.81. The Kier molecular flexibility index (Phi) is 3.64. The molecule has 2 nitrogen and oxygen atoms in total. The molecule has 0 fully saturated rings. The van der Waals surface area contributed by atoms with E-state index >= 15 is 0 Å². The van der Waals surface area contributed by atoms with Crippen molar-refractivity contribution in [3.05, 3.63) is 28.2 Å². The summed E-state index contributed by atoms with van der Waals surface area (Å²) in [5.74, 6) is 0.251. The predicted octanol–water partition coefficient (Wildman–Crippen LogP) is 3.53. The van der Waals surface area contributed by atoms with Crippen LogP contribution in [0.15, 0.2) is 22.7 Å². The Morgan fingerprint density at radius 2 is 2.31 bits per heavy atom. The van der Waals surface area contributed by atoms with Crippen LogP contribution >= 0.6 is 15.9 Å². The summed E-state index contributed by atoms with van der Waals surface area (Å²) in [4.78, 5) is 13.9. The van der Waals surface area contributed by atoms with Crippen molar-refractivity contribution in [2.75, 3.05) is 11.4 Å². The molecule has 0 saturated heterocycles. The lowest BCUT2D eigenvalue weighted by Crippen LogP contribution is -2.35. The second-order valence-corrected chi connectivity index (χ2v) is 4.99. The van der Waals surface area contributed by atoms with Gasteiger partial charge in [0.2, 0.25) is 5.91 Å². The number of hydrogen-bond donors (Lipinski definition) is 0. The monoisotopic (exact) mass is 281 g/mol. The lowest BCUT2D eigenvalue weighted by Gasteiger charge is -2.30. The topological polar surface area (TPSA) is 20.3 Å². The molecule has 2 rings (SSSR count). The molecule has 3 heteroatoms. The van der Waals surface area contributed by atoms with Crippen LogP contribution in [0.1, 0.15) is 31.7 Å². The van der Waals surface area contributed by atoms with Gasteiger partial charge in [-0.15, -0.1) is 0 Å². The van der Waals surface area contributed by atoms with Crippen LogP contribution in [0.4, 0.5) is 5.69 Å². The standard InChI is InChI=1S/C13H16BrNO/c1-2-5-13(16)15-9-4-6-10-11(14)7-3-8-12(10)15/h3,7-8H,2,4-6,9H2,1H3. The van der Waals surface area contributed by atoms with Crippen LogP contribution in [-0.4, -0.2) is 12.5 Å². The Hall–Kier alpha value is -0.830. The fourth-order valence-electron chi connectivity index (χ4n) is 2.19. The lowest BCUT2D eigenvalue weighted by atomic mass is 10.0. The van der Waals surface area contributed by atoms with Gasteiger partial charge < -0.3 is 4.90 Å². The van der Waals surface area contributed by atoms with Crippen molar-refractivity contribution in [1.29, 1.82) is 0 Å². The van der Waals surface area contributed by atoms with Crippen LogP contribution in [0.5, 0.6) is 0 Å². The van der Waals surface area contributed by atoms with Gasteiger partial charge in [-0.2, -0.15) is 0 Å². The Labute approximate surface area is 105 Å². The number of halogens is 1. The van der Waals surface area contributed by atoms with E-state index in [0.717, 1.165) is 36.0 Å². The lowest BCUT2D eigenvalue weighted by molar-refractivity contribution is -0.118. The van der Waals surface area contributed by atoms with E-state index in [2.05, 4.69) is 15.9 Å². The quantitative estimate of drug-likeness (QED) is 0.812. The van der Waals surface area contributed by atoms with E-state index in [0.29, 0.717) is 6.42 Å². The van der Waals surface area contributed by atoms with E-state index in [-0.39, 0.29) is 5.91 Å². The molecule has 1 aliphatic rings. The molecular weight excluding hydrogens is 266 g/mol. The molecule has 0 atom stereocenters. The Bertz CT molecular complexity index is 403. The van der Waals surface area contributed by atoms with Gasteiger partial charge in [0, 0.05) is 23.1 Å². The number of anilines is 1.